The van der Waals surface area contributed by atoms with Crippen LogP contribution < -0.4 is 4.80 Å². The molecule has 0 aliphatic heterocycles. The van der Waals surface area contributed by atoms with E-state index in [2.05, 4.69) is 11.6 Å². The van der Waals surface area contributed by atoms with E-state index in [0.29, 0.717) is 21.1 Å². The highest BCUT2D eigenvalue weighted by molar-refractivity contribution is 7.16. The largest absolute Gasteiger partial charge is 0.312 e. The molecule has 0 saturated heterocycles. The minimum absolute atomic E-state index is 0.0275. The third kappa shape index (κ3) is 3.55. The fourth-order valence-electron chi connectivity index (χ4n) is 2.37. The van der Waals surface area contributed by atoms with Crippen molar-refractivity contribution in [1.82, 2.24) is 4.57 Å². The quantitative estimate of drug-likeness (QED) is 0.352. The van der Waals surface area contributed by atoms with Crippen LogP contribution in [-0.2, 0) is 6.54 Å². The Morgan fingerprint density at radius 2 is 2.08 bits per heavy atom. The highest BCUT2D eigenvalue weighted by atomic mass is 35.5. The molecule has 0 aliphatic rings. The predicted octanol–water partition coefficient (Wildman–Crippen LogP) is 4.84. The number of nitro benzene ring substituents is 1. The number of hydrogen-bond acceptors (Lipinski definition) is 4. The van der Waals surface area contributed by atoms with E-state index >= 15 is 0 Å². The molecule has 2 aromatic carbocycles. The lowest BCUT2D eigenvalue weighted by Gasteiger charge is -2.02. The summed E-state index contributed by atoms with van der Waals surface area (Å²) in [6.07, 6.45) is 1.66. The molecule has 3 aromatic rings. The zero-order valence-corrected chi connectivity index (χ0v) is 15.5. The van der Waals surface area contributed by atoms with Gasteiger partial charge in [-0.05, 0) is 24.3 Å². The van der Waals surface area contributed by atoms with Crippen LogP contribution in [0.5, 0.6) is 0 Å². The van der Waals surface area contributed by atoms with Gasteiger partial charge in [0.25, 0.3) is 11.6 Å². The Hall–Kier alpha value is -2.48. The maximum Gasteiger partial charge on any atom is 0.281 e. The van der Waals surface area contributed by atoms with E-state index in [1.165, 1.54) is 35.6 Å². The van der Waals surface area contributed by atoms with E-state index in [1.807, 2.05) is 0 Å². The number of carbonyl (C=O) groups is 1. The minimum Gasteiger partial charge on any atom is -0.312 e. The van der Waals surface area contributed by atoms with Gasteiger partial charge in [0.2, 0.25) is 0 Å². The molecule has 0 spiro atoms. The highest BCUT2D eigenvalue weighted by Crippen LogP contribution is 2.24. The Bertz CT molecular complexity index is 1120. The number of allylic oxidation sites excluding steroid dienone is 1. The molecular formula is C17H11Cl2N3O3S. The zero-order chi connectivity index (χ0) is 18.8. The normalized spacial score (nSPS) is 11.7. The monoisotopic (exact) mass is 407 g/mol. The van der Waals surface area contributed by atoms with Gasteiger partial charge in [-0.15, -0.1) is 6.58 Å². The number of nitro groups is 1. The lowest BCUT2D eigenvalue weighted by molar-refractivity contribution is -0.384. The second kappa shape index (κ2) is 7.41. The smallest absolute Gasteiger partial charge is 0.281 e. The summed E-state index contributed by atoms with van der Waals surface area (Å²) in [5.41, 5.74) is 0.886. The van der Waals surface area contributed by atoms with Gasteiger partial charge in [-0.1, -0.05) is 40.6 Å². The number of carbonyl (C=O) groups excluding carboxylic acids is 1. The molecule has 1 aromatic heterocycles. The van der Waals surface area contributed by atoms with Gasteiger partial charge in [0, 0.05) is 23.7 Å². The topological polar surface area (TPSA) is 77.5 Å². The number of hydrogen-bond donors (Lipinski definition) is 0. The van der Waals surface area contributed by atoms with Crippen LogP contribution in [-0.4, -0.2) is 15.4 Å². The van der Waals surface area contributed by atoms with Crippen molar-refractivity contribution in [3.8, 4) is 0 Å². The van der Waals surface area contributed by atoms with Crippen LogP contribution in [0.2, 0.25) is 10.0 Å². The number of halogens is 2. The fraction of sp³-hybridized carbons (Fsp3) is 0.0588. The molecule has 26 heavy (non-hydrogen) atoms. The molecule has 0 N–H and O–H groups in total. The molecule has 0 atom stereocenters. The second-order valence-electron chi connectivity index (χ2n) is 5.23. The molecule has 0 fully saturated rings. The Kier molecular flexibility index (Phi) is 5.22. The van der Waals surface area contributed by atoms with Gasteiger partial charge in [-0.3, -0.25) is 14.9 Å². The van der Waals surface area contributed by atoms with Crippen LogP contribution in [0.1, 0.15) is 10.4 Å². The van der Waals surface area contributed by atoms with Gasteiger partial charge >= 0.3 is 0 Å². The Labute approximate surface area is 161 Å². The molecule has 0 radical (unpaired) electrons. The summed E-state index contributed by atoms with van der Waals surface area (Å²) in [4.78, 5) is 27.6. The van der Waals surface area contributed by atoms with Crippen molar-refractivity contribution in [1.29, 1.82) is 0 Å². The Balaban J connectivity index is 2.19. The first-order chi connectivity index (χ1) is 12.4. The molecule has 0 saturated carbocycles. The summed E-state index contributed by atoms with van der Waals surface area (Å²) in [7, 11) is 0. The summed E-state index contributed by atoms with van der Waals surface area (Å²) in [6.45, 7) is 4.10. The number of thiazole rings is 1. The number of rotatable bonds is 4. The summed E-state index contributed by atoms with van der Waals surface area (Å²) in [5.74, 6) is -0.545. The minimum atomic E-state index is -0.545. The molecule has 0 aliphatic carbocycles. The second-order valence-corrected chi connectivity index (χ2v) is 7.09. The molecule has 0 unspecified atom stereocenters. The van der Waals surface area contributed by atoms with Crippen molar-refractivity contribution >= 4 is 56.3 Å². The number of nitrogens with zero attached hydrogens (tertiary/aromatic N) is 3. The van der Waals surface area contributed by atoms with E-state index in [0.717, 1.165) is 5.52 Å². The first-order valence-electron chi connectivity index (χ1n) is 7.33. The molecule has 132 valence electrons. The highest BCUT2D eigenvalue weighted by Gasteiger charge is 2.14. The number of amides is 1. The average molecular weight is 408 g/mol. The standard InChI is InChI=1S/C17H11Cl2N3O3S/c1-2-7-21-14-6-4-11(22(24)25)9-15(14)26-17(21)20-16(23)12-8-10(18)3-5-13(12)19/h2-6,8-9H,1,7H2. The van der Waals surface area contributed by atoms with E-state index < -0.39 is 10.8 Å². The molecule has 1 amide bonds. The van der Waals surface area contributed by atoms with E-state index in [1.54, 1.807) is 22.8 Å². The summed E-state index contributed by atoms with van der Waals surface area (Å²) >= 11 is 13.2. The van der Waals surface area contributed by atoms with Crippen LogP contribution in [0.3, 0.4) is 0 Å². The van der Waals surface area contributed by atoms with Gasteiger partial charge in [0.05, 0.1) is 25.7 Å². The molecule has 0 bridgehead atoms. The first-order valence-corrected chi connectivity index (χ1v) is 8.90. The molecule has 6 nitrogen and oxygen atoms in total. The van der Waals surface area contributed by atoms with E-state index in [4.69, 9.17) is 23.2 Å². The zero-order valence-electron chi connectivity index (χ0n) is 13.2. The maximum atomic E-state index is 12.5. The van der Waals surface area contributed by atoms with Crippen molar-refractivity contribution in [2.45, 2.75) is 6.54 Å². The van der Waals surface area contributed by atoms with Crippen LogP contribution in [0.4, 0.5) is 5.69 Å². The third-order valence-electron chi connectivity index (χ3n) is 3.54. The lowest BCUT2D eigenvalue weighted by atomic mass is 10.2. The average Bonchev–Trinajstić information content (AvgIpc) is 2.94. The first kappa shape index (κ1) is 18.3. The van der Waals surface area contributed by atoms with Gasteiger partial charge < -0.3 is 4.57 Å². The Morgan fingerprint density at radius 1 is 1.31 bits per heavy atom. The lowest BCUT2D eigenvalue weighted by Crippen LogP contribution is -2.16. The van der Waals surface area contributed by atoms with Gasteiger partial charge in [0.1, 0.15) is 0 Å². The van der Waals surface area contributed by atoms with Crippen molar-refractivity contribution in [2.75, 3.05) is 0 Å². The van der Waals surface area contributed by atoms with Crippen LogP contribution in [0.25, 0.3) is 10.2 Å². The molecular weight excluding hydrogens is 397 g/mol. The predicted molar refractivity (Wildman–Crippen MR) is 103 cm³/mol. The van der Waals surface area contributed by atoms with Crippen molar-refractivity contribution in [3.63, 3.8) is 0 Å². The van der Waals surface area contributed by atoms with E-state index in [-0.39, 0.29) is 16.3 Å². The van der Waals surface area contributed by atoms with Crippen LogP contribution >= 0.6 is 34.5 Å². The molecule has 9 heteroatoms. The SMILES string of the molecule is C=CCn1c(=NC(=O)c2cc(Cl)ccc2Cl)sc2cc([N+](=O)[O-])ccc21. The van der Waals surface area contributed by atoms with E-state index in [9.17, 15) is 14.9 Å². The number of benzene rings is 2. The van der Waals surface area contributed by atoms with Gasteiger partial charge in [-0.25, -0.2) is 0 Å². The maximum absolute atomic E-state index is 12.5. The van der Waals surface area contributed by atoms with Crippen LogP contribution in [0.15, 0.2) is 54.0 Å². The molecule has 3 rings (SSSR count). The molecule has 1 heterocycles. The Morgan fingerprint density at radius 3 is 2.77 bits per heavy atom. The number of fused-ring (bicyclic) bond motifs is 1. The third-order valence-corrected chi connectivity index (χ3v) is 5.15. The van der Waals surface area contributed by atoms with Gasteiger partial charge in [-0.2, -0.15) is 4.99 Å². The summed E-state index contributed by atoms with van der Waals surface area (Å²) in [5, 5.41) is 11.6. The number of non-ortho nitro benzene ring substituents is 1. The fourth-order valence-corrected chi connectivity index (χ4v) is 3.82. The summed E-state index contributed by atoms with van der Waals surface area (Å²) < 4.78 is 2.40. The van der Waals surface area contributed by atoms with Crippen molar-refractivity contribution in [2.24, 2.45) is 4.99 Å². The van der Waals surface area contributed by atoms with Crippen molar-refractivity contribution in [3.05, 3.63) is 79.6 Å². The number of aromatic nitrogens is 1. The summed E-state index contributed by atoms with van der Waals surface area (Å²) in [6, 6.07) is 9.05. The van der Waals surface area contributed by atoms with Gasteiger partial charge in [0.15, 0.2) is 4.80 Å². The van der Waals surface area contributed by atoms with Crippen LogP contribution in [0, 0.1) is 10.1 Å². The van der Waals surface area contributed by atoms with Crippen molar-refractivity contribution < 1.29 is 9.72 Å².